The molecule has 0 bridgehead atoms. The summed E-state index contributed by atoms with van der Waals surface area (Å²) in [5, 5.41) is 0. The molecule has 0 aromatic rings. The van der Waals surface area contributed by atoms with E-state index in [1.54, 1.807) is 0 Å². The first-order valence-electron chi connectivity index (χ1n) is 9.09. The normalized spacial score (nSPS) is 16.1. The first kappa shape index (κ1) is 18.9. The lowest BCUT2D eigenvalue weighted by atomic mass is 10.00. The molecule has 0 N–H and O–H groups in total. The average molecular weight is 307 g/mol. The van der Waals surface area contributed by atoms with Crippen molar-refractivity contribution < 1.29 is 9.59 Å². The Hall–Kier alpha value is -1.12. The summed E-state index contributed by atoms with van der Waals surface area (Å²) in [5.74, 6) is 0.199. The molecule has 1 aliphatic heterocycles. The van der Waals surface area contributed by atoms with Crippen LogP contribution in [0.25, 0.3) is 0 Å². The monoisotopic (exact) mass is 307 g/mol. The number of rotatable bonds is 12. The summed E-state index contributed by atoms with van der Waals surface area (Å²) in [6.45, 7) is 9.17. The predicted octanol–water partition coefficient (Wildman–Crippen LogP) is 4.65. The van der Waals surface area contributed by atoms with Crippen molar-refractivity contribution in [1.82, 2.24) is 4.90 Å². The first-order valence-corrected chi connectivity index (χ1v) is 9.09. The topological polar surface area (TPSA) is 37.4 Å². The maximum atomic E-state index is 12.4. The van der Waals surface area contributed by atoms with E-state index >= 15 is 0 Å². The third kappa shape index (κ3) is 6.33. The SMILES string of the molecule is C=C1CCCN1[C@@H](CC)C(=O)CC(=O)CCCCCCCC. The van der Waals surface area contributed by atoms with Crippen LogP contribution in [0.15, 0.2) is 12.3 Å². The van der Waals surface area contributed by atoms with Gasteiger partial charge in [-0.15, -0.1) is 0 Å². The fourth-order valence-electron chi connectivity index (χ4n) is 3.26. The Bertz CT molecular complexity index is 376. The van der Waals surface area contributed by atoms with E-state index in [4.69, 9.17) is 0 Å². The predicted molar refractivity (Wildman–Crippen MR) is 91.8 cm³/mol. The summed E-state index contributed by atoms with van der Waals surface area (Å²) >= 11 is 0. The van der Waals surface area contributed by atoms with Gasteiger partial charge < -0.3 is 4.90 Å². The van der Waals surface area contributed by atoms with Crippen LogP contribution in [0.1, 0.15) is 84.5 Å². The molecule has 0 saturated carbocycles. The number of likely N-dealkylation sites (tertiary alicyclic amines) is 1. The maximum Gasteiger partial charge on any atom is 0.162 e. The van der Waals surface area contributed by atoms with Gasteiger partial charge in [0.05, 0.1) is 12.5 Å². The standard InChI is InChI=1S/C19H33NO2/c1-4-6-7-8-9-10-13-17(21)15-19(22)18(5-2)20-14-11-12-16(20)3/h18H,3-15H2,1-2H3/t18-/m0/s1. The zero-order chi connectivity index (χ0) is 16.4. The molecular weight excluding hydrogens is 274 g/mol. The van der Waals surface area contributed by atoms with E-state index < -0.39 is 0 Å². The van der Waals surface area contributed by atoms with Gasteiger partial charge in [0.2, 0.25) is 0 Å². The van der Waals surface area contributed by atoms with Gasteiger partial charge in [0, 0.05) is 18.7 Å². The van der Waals surface area contributed by atoms with E-state index in [0.717, 1.165) is 44.3 Å². The molecule has 0 amide bonds. The van der Waals surface area contributed by atoms with Crippen LogP contribution in [0.2, 0.25) is 0 Å². The second kappa shape index (κ2) is 10.6. The molecule has 3 heteroatoms. The van der Waals surface area contributed by atoms with Crippen molar-refractivity contribution in [2.24, 2.45) is 0 Å². The molecule has 126 valence electrons. The van der Waals surface area contributed by atoms with Crippen molar-refractivity contribution in [3.8, 4) is 0 Å². The molecule has 0 aliphatic carbocycles. The highest BCUT2D eigenvalue weighted by Gasteiger charge is 2.28. The van der Waals surface area contributed by atoms with Gasteiger partial charge in [-0.3, -0.25) is 9.59 Å². The molecule has 1 saturated heterocycles. The Labute approximate surface area is 136 Å². The van der Waals surface area contributed by atoms with E-state index in [1.807, 2.05) is 6.92 Å². The summed E-state index contributed by atoms with van der Waals surface area (Å²) in [5.41, 5.74) is 1.06. The van der Waals surface area contributed by atoms with Crippen molar-refractivity contribution in [2.75, 3.05) is 6.54 Å². The highest BCUT2D eigenvalue weighted by atomic mass is 16.1. The van der Waals surface area contributed by atoms with E-state index in [-0.39, 0.29) is 24.0 Å². The smallest absolute Gasteiger partial charge is 0.162 e. The largest absolute Gasteiger partial charge is 0.365 e. The van der Waals surface area contributed by atoms with Crippen molar-refractivity contribution in [3.05, 3.63) is 12.3 Å². The molecule has 1 rings (SSSR count). The molecule has 0 aromatic carbocycles. The van der Waals surface area contributed by atoms with Crippen LogP contribution in [-0.4, -0.2) is 29.1 Å². The molecule has 0 radical (unpaired) electrons. The molecule has 0 aromatic heterocycles. The summed E-state index contributed by atoms with van der Waals surface area (Å²) in [6, 6.07) is -0.136. The number of unbranched alkanes of at least 4 members (excludes halogenated alkanes) is 5. The molecule has 22 heavy (non-hydrogen) atoms. The zero-order valence-electron chi connectivity index (χ0n) is 14.5. The van der Waals surface area contributed by atoms with E-state index in [2.05, 4.69) is 18.4 Å². The van der Waals surface area contributed by atoms with Crippen LogP contribution in [0.4, 0.5) is 0 Å². The Morgan fingerprint density at radius 3 is 2.41 bits per heavy atom. The molecule has 0 unspecified atom stereocenters. The third-order valence-electron chi connectivity index (χ3n) is 4.59. The van der Waals surface area contributed by atoms with Gasteiger partial charge >= 0.3 is 0 Å². The van der Waals surface area contributed by atoms with Crippen LogP contribution in [0.3, 0.4) is 0 Å². The van der Waals surface area contributed by atoms with Crippen molar-refractivity contribution in [2.45, 2.75) is 90.5 Å². The number of carbonyl (C=O) groups excluding carboxylic acids is 2. The van der Waals surface area contributed by atoms with E-state index in [9.17, 15) is 9.59 Å². The third-order valence-corrected chi connectivity index (χ3v) is 4.59. The molecule has 1 fully saturated rings. The summed E-state index contributed by atoms with van der Waals surface area (Å²) < 4.78 is 0. The second-order valence-electron chi connectivity index (χ2n) is 6.49. The van der Waals surface area contributed by atoms with Gasteiger partial charge in [-0.25, -0.2) is 0 Å². The number of hydrogen-bond acceptors (Lipinski definition) is 3. The lowest BCUT2D eigenvalue weighted by Crippen LogP contribution is -2.38. The van der Waals surface area contributed by atoms with Crippen molar-refractivity contribution in [1.29, 1.82) is 0 Å². The summed E-state index contributed by atoms with van der Waals surface area (Å²) in [6.07, 6.45) is 10.5. The maximum absolute atomic E-state index is 12.4. The van der Waals surface area contributed by atoms with Crippen molar-refractivity contribution in [3.63, 3.8) is 0 Å². The zero-order valence-corrected chi connectivity index (χ0v) is 14.5. The lowest BCUT2D eigenvalue weighted by molar-refractivity contribution is -0.129. The van der Waals surface area contributed by atoms with Gasteiger partial charge in [0.25, 0.3) is 0 Å². The number of Topliss-reactive ketones (excluding diaryl/α,β-unsaturated/α-hetero) is 2. The summed E-state index contributed by atoms with van der Waals surface area (Å²) in [7, 11) is 0. The minimum atomic E-state index is -0.136. The van der Waals surface area contributed by atoms with Crippen LogP contribution >= 0.6 is 0 Å². The van der Waals surface area contributed by atoms with Gasteiger partial charge in [0.1, 0.15) is 5.78 Å². The molecule has 3 nitrogen and oxygen atoms in total. The second-order valence-corrected chi connectivity index (χ2v) is 6.49. The highest BCUT2D eigenvalue weighted by molar-refractivity contribution is 6.01. The Morgan fingerprint density at radius 2 is 1.82 bits per heavy atom. The Kier molecular flexibility index (Phi) is 9.10. The first-order chi connectivity index (χ1) is 10.6. The molecule has 1 aliphatic rings. The van der Waals surface area contributed by atoms with Gasteiger partial charge in [-0.1, -0.05) is 52.5 Å². The molecule has 1 atom stereocenters. The van der Waals surface area contributed by atoms with Gasteiger partial charge in [0.15, 0.2) is 5.78 Å². The fraction of sp³-hybridized carbons (Fsp3) is 0.789. The van der Waals surface area contributed by atoms with Gasteiger partial charge in [-0.05, 0) is 25.7 Å². The molecule has 1 heterocycles. The lowest BCUT2D eigenvalue weighted by Gasteiger charge is -2.28. The van der Waals surface area contributed by atoms with Crippen LogP contribution in [0, 0.1) is 0 Å². The molecule has 0 spiro atoms. The molecular formula is C19H33NO2. The van der Waals surface area contributed by atoms with Gasteiger partial charge in [-0.2, -0.15) is 0 Å². The quantitative estimate of drug-likeness (QED) is 0.389. The van der Waals surface area contributed by atoms with E-state index in [0.29, 0.717) is 6.42 Å². The Morgan fingerprint density at radius 1 is 1.14 bits per heavy atom. The van der Waals surface area contributed by atoms with Crippen LogP contribution in [-0.2, 0) is 9.59 Å². The number of allylic oxidation sites excluding steroid dienone is 1. The number of nitrogens with zero attached hydrogens (tertiary/aromatic N) is 1. The Balaban J connectivity index is 2.27. The number of hydrogen-bond donors (Lipinski definition) is 0. The minimum absolute atomic E-state index is 0.0848. The van der Waals surface area contributed by atoms with Crippen LogP contribution < -0.4 is 0 Å². The highest BCUT2D eigenvalue weighted by Crippen LogP contribution is 2.24. The fourth-order valence-corrected chi connectivity index (χ4v) is 3.26. The number of ketones is 2. The van der Waals surface area contributed by atoms with E-state index in [1.165, 1.54) is 25.7 Å². The average Bonchev–Trinajstić information content (AvgIpc) is 2.90. The van der Waals surface area contributed by atoms with Crippen LogP contribution in [0.5, 0.6) is 0 Å². The summed E-state index contributed by atoms with van der Waals surface area (Å²) in [4.78, 5) is 26.5. The minimum Gasteiger partial charge on any atom is -0.365 e. The van der Waals surface area contributed by atoms with Crippen molar-refractivity contribution >= 4 is 11.6 Å². The number of carbonyl (C=O) groups is 2.